The van der Waals surface area contributed by atoms with Gasteiger partial charge in [0.2, 0.25) is 5.91 Å². The van der Waals surface area contributed by atoms with Gasteiger partial charge < -0.3 is 15.8 Å². The van der Waals surface area contributed by atoms with E-state index in [4.69, 9.17) is 10.5 Å². The van der Waals surface area contributed by atoms with Gasteiger partial charge in [-0.2, -0.15) is 0 Å². The number of amides is 1. The molecule has 20 heavy (non-hydrogen) atoms. The van der Waals surface area contributed by atoms with E-state index in [2.05, 4.69) is 5.32 Å². The number of carbonyl (C=O) groups is 1. The summed E-state index contributed by atoms with van der Waals surface area (Å²) in [5, 5.41) is 3.28. The molecule has 0 fully saturated rings. The zero-order valence-electron chi connectivity index (χ0n) is 12.5. The maximum absolute atomic E-state index is 13.9. The Labute approximate surface area is 119 Å². The molecule has 1 aromatic rings. The number of benzene rings is 1. The molecule has 0 aliphatic carbocycles. The van der Waals surface area contributed by atoms with Crippen LogP contribution in [0.25, 0.3) is 0 Å². The average molecular weight is 282 g/mol. The number of primary amides is 1. The molecule has 4 nitrogen and oxygen atoms in total. The fraction of sp³-hybridized carbons (Fsp3) is 0.533. The highest BCUT2D eigenvalue weighted by Gasteiger charge is 2.13. The van der Waals surface area contributed by atoms with Gasteiger partial charge in [0.1, 0.15) is 0 Å². The lowest BCUT2D eigenvalue weighted by atomic mass is 10.1. The molecule has 0 bridgehead atoms. The van der Waals surface area contributed by atoms with Gasteiger partial charge in [-0.15, -0.1) is 0 Å². The minimum absolute atomic E-state index is 0.0252. The summed E-state index contributed by atoms with van der Waals surface area (Å²) in [5.41, 5.74) is 5.94. The van der Waals surface area contributed by atoms with Crippen molar-refractivity contribution < 1.29 is 13.9 Å². The van der Waals surface area contributed by atoms with Crippen molar-refractivity contribution in [3.05, 3.63) is 29.6 Å². The summed E-state index contributed by atoms with van der Waals surface area (Å²) in [4.78, 5) is 10.9. The van der Waals surface area contributed by atoms with Gasteiger partial charge in [0.15, 0.2) is 11.6 Å². The molecule has 0 aliphatic rings. The molecule has 1 rings (SSSR count). The van der Waals surface area contributed by atoms with E-state index in [0.29, 0.717) is 6.54 Å². The monoisotopic (exact) mass is 282 g/mol. The van der Waals surface area contributed by atoms with Crippen LogP contribution in [0.4, 0.5) is 4.39 Å². The van der Waals surface area contributed by atoms with Crippen molar-refractivity contribution in [3.8, 4) is 5.75 Å². The molecule has 1 atom stereocenters. The van der Waals surface area contributed by atoms with Crippen molar-refractivity contribution >= 4 is 5.91 Å². The number of carbonyl (C=O) groups excluding carboxylic acids is 1. The maximum atomic E-state index is 13.9. The van der Waals surface area contributed by atoms with Gasteiger partial charge in [0, 0.05) is 12.1 Å². The quantitative estimate of drug-likeness (QED) is 0.841. The summed E-state index contributed by atoms with van der Waals surface area (Å²) in [6.07, 6.45) is 0. The highest BCUT2D eigenvalue weighted by Crippen LogP contribution is 2.19. The Bertz CT molecular complexity index is 469. The number of hydrogen-bond donors (Lipinski definition) is 2. The molecule has 0 aliphatic heterocycles. The predicted octanol–water partition coefficient (Wildman–Crippen LogP) is 2.21. The van der Waals surface area contributed by atoms with Crippen LogP contribution in [0.5, 0.6) is 5.75 Å². The van der Waals surface area contributed by atoms with Crippen molar-refractivity contribution in [3.63, 3.8) is 0 Å². The van der Waals surface area contributed by atoms with Gasteiger partial charge in [-0.1, -0.05) is 13.0 Å². The molecule has 112 valence electrons. The first-order valence-electron chi connectivity index (χ1n) is 6.64. The summed E-state index contributed by atoms with van der Waals surface area (Å²) in [7, 11) is 0. The predicted molar refractivity (Wildman–Crippen MR) is 76.8 cm³/mol. The standard InChI is InChI=1S/C15H23FN2O2/c1-10(14(17)19)9-20-13-6-5-11(7-12(13)16)8-18-15(2,3)4/h5-7,10,18H,8-9H2,1-4H3,(H2,17,19). The number of halogens is 1. The molecular weight excluding hydrogens is 259 g/mol. The van der Waals surface area contributed by atoms with Crippen LogP contribution < -0.4 is 15.8 Å². The van der Waals surface area contributed by atoms with Crippen LogP contribution in [-0.2, 0) is 11.3 Å². The van der Waals surface area contributed by atoms with Crippen LogP contribution in [0.1, 0.15) is 33.3 Å². The first kappa shape index (κ1) is 16.4. The normalized spacial score (nSPS) is 13.1. The Hall–Kier alpha value is -1.62. The van der Waals surface area contributed by atoms with Gasteiger partial charge in [0.25, 0.3) is 0 Å². The SMILES string of the molecule is CC(COc1ccc(CNC(C)(C)C)cc1F)C(N)=O. The number of rotatable bonds is 6. The number of nitrogens with two attached hydrogens (primary N) is 1. The van der Waals surface area contributed by atoms with Gasteiger partial charge in [-0.3, -0.25) is 4.79 Å². The molecule has 1 aromatic carbocycles. The Morgan fingerprint density at radius 1 is 1.45 bits per heavy atom. The first-order chi connectivity index (χ1) is 9.19. The molecule has 1 unspecified atom stereocenters. The van der Waals surface area contributed by atoms with Crippen LogP contribution in [0.3, 0.4) is 0 Å². The molecule has 0 spiro atoms. The number of hydrogen-bond acceptors (Lipinski definition) is 3. The molecule has 0 radical (unpaired) electrons. The Morgan fingerprint density at radius 3 is 2.60 bits per heavy atom. The molecule has 0 saturated heterocycles. The van der Waals surface area contributed by atoms with Gasteiger partial charge in [-0.25, -0.2) is 4.39 Å². The minimum Gasteiger partial charge on any atom is -0.490 e. The third-order valence-electron chi connectivity index (χ3n) is 2.79. The molecule has 0 saturated carbocycles. The van der Waals surface area contributed by atoms with E-state index in [9.17, 15) is 9.18 Å². The summed E-state index contributed by atoms with van der Waals surface area (Å²) >= 11 is 0. The molecule has 1 amide bonds. The molecule has 5 heteroatoms. The first-order valence-corrected chi connectivity index (χ1v) is 6.64. The lowest BCUT2D eigenvalue weighted by molar-refractivity contribution is -0.122. The Morgan fingerprint density at radius 2 is 2.10 bits per heavy atom. The highest BCUT2D eigenvalue weighted by atomic mass is 19.1. The fourth-order valence-electron chi connectivity index (χ4n) is 1.44. The molecular formula is C15H23FN2O2. The van der Waals surface area contributed by atoms with E-state index >= 15 is 0 Å². The largest absolute Gasteiger partial charge is 0.490 e. The summed E-state index contributed by atoms with van der Waals surface area (Å²) < 4.78 is 19.1. The van der Waals surface area contributed by atoms with E-state index in [1.165, 1.54) is 6.07 Å². The molecule has 0 aromatic heterocycles. The summed E-state index contributed by atoms with van der Waals surface area (Å²) in [6, 6.07) is 4.80. The van der Waals surface area contributed by atoms with Crippen molar-refractivity contribution in [1.29, 1.82) is 0 Å². The van der Waals surface area contributed by atoms with Gasteiger partial charge >= 0.3 is 0 Å². The summed E-state index contributed by atoms with van der Waals surface area (Å²) in [6.45, 7) is 8.44. The second-order valence-electron chi connectivity index (χ2n) is 5.98. The van der Waals surface area contributed by atoms with Crippen molar-refractivity contribution in [1.82, 2.24) is 5.32 Å². The zero-order valence-corrected chi connectivity index (χ0v) is 12.5. The van der Waals surface area contributed by atoms with Gasteiger partial charge in [0.05, 0.1) is 12.5 Å². The second kappa shape index (κ2) is 6.70. The van der Waals surface area contributed by atoms with Crippen molar-refractivity contribution in [2.45, 2.75) is 39.8 Å². The molecule has 0 heterocycles. The lowest BCUT2D eigenvalue weighted by Gasteiger charge is -2.20. The highest BCUT2D eigenvalue weighted by molar-refractivity contribution is 5.76. The average Bonchev–Trinajstić information content (AvgIpc) is 2.33. The minimum atomic E-state index is -0.462. The van der Waals surface area contributed by atoms with Crippen LogP contribution >= 0.6 is 0 Å². The third-order valence-corrected chi connectivity index (χ3v) is 2.79. The maximum Gasteiger partial charge on any atom is 0.223 e. The smallest absolute Gasteiger partial charge is 0.223 e. The van der Waals surface area contributed by atoms with E-state index in [0.717, 1.165) is 5.56 Å². The summed E-state index contributed by atoms with van der Waals surface area (Å²) in [5.74, 6) is -1.21. The molecule has 3 N–H and O–H groups in total. The lowest BCUT2D eigenvalue weighted by Crippen LogP contribution is -2.35. The third kappa shape index (κ3) is 5.57. The van der Waals surface area contributed by atoms with Crippen LogP contribution in [0, 0.1) is 11.7 Å². The Kier molecular flexibility index (Phi) is 5.51. The number of nitrogens with one attached hydrogen (secondary N) is 1. The van der Waals surface area contributed by atoms with Crippen molar-refractivity contribution in [2.24, 2.45) is 11.7 Å². The van der Waals surface area contributed by atoms with Crippen LogP contribution in [0.2, 0.25) is 0 Å². The number of ether oxygens (including phenoxy) is 1. The van der Waals surface area contributed by atoms with Gasteiger partial charge in [-0.05, 0) is 38.5 Å². The second-order valence-corrected chi connectivity index (χ2v) is 5.98. The van der Waals surface area contributed by atoms with Crippen LogP contribution in [0.15, 0.2) is 18.2 Å². The van der Waals surface area contributed by atoms with E-state index in [1.807, 2.05) is 20.8 Å². The van der Waals surface area contributed by atoms with E-state index in [1.54, 1.807) is 19.1 Å². The topological polar surface area (TPSA) is 64.3 Å². The Balaban J connectivity index is 2.62. The zero-order chi connectivity index (χ0) is 15.3. The fourth-order valence-corrected chi connectivity index (χ4v) is 1.44. The van der Waals surface area contributed by atoms with E-state index < -0.39 is 17.6 Å². The van der Waals surface area contributed by atoms with Crippen molar-refractivity contribution in [2.75, 3.05) is 6.61 Å². The van der Waals surface area contributed by atoms with E-state index in [-0.39, 0.29) is 17.9 Å². The van der Waals surface area contributed by atoms with Crippen LogP contribution in [-0.4, -0.2) is 18.1 Å².